The molecule has 4 nitrogen and oxygen atoms in total. The van der Waals surface area contributed by atoms with Gasteiger partial charge in [0.15, 0.2) is 0 Å². The molecule has 0 atom stereocenters. The third-order valence-corrected chi connectivity index (χ3v) is 4.20. The monoisotopic (exact) mass is 321 g/mol. The van der Waals surface area contributed by atoms with Crippen LogP contribution in [-0.4, -0.2) is 21.1 Å². The molecule has 1 aromatic carbocycles. The summed E-state index contributed by atoms with van der Waals surface area (Å²) >= 11 is 0. The van der Waals surface area contributed by atoms with E-state index in [-0.39, 0.29) is 11.5 Å². The summed E-state index contributed by atoms with van der Waals surface area (Å²) in [5, 5.41) is 32.7. The number of phenolic OH excluding ortho intramolecular Hbond substituents is 2. The van der Waals surface area contributed by atoms with Gasteiger partial charge in [0.2, 0.25) is 0 Å². The molecule has 0 aliphatic heterocycles. The summed E-state index contributed by atoms with van der Waals surface area (Å²) in [6.07, 6.45) is 10.2. The SMILES string of the molecule is CCCCCCC(=NO)c1cc(CCCCCC)c(O)cc1O. The van der Waals surface area contributed by atoms with Gasteiger partial charge in [-0.15, -0.1) is 0 Å². The van der Waals surface area contributed by atoms with Gasteiger partial charge in [0, 0.05) is 11.6 Å². The summed E-state index contributed by atoms with van der Waals surface area (Å²) in [5.74, 6) is 0.0918. The minimum Gasteiger partial charge on any atom is -0.508 e. The molecule has 0 unspecified atom stereocenters. The van der Waals surface area contributed by atoms with Crippen LogP contribution in [-0.2, 0) is 6.42 Å². The van der Waals surface area contributed by atoms with Crippen LogP contribution < -0.4 is 0 Å². The lowest BCUT2D eigenvalue weighted by atomic mass is 9.97. The fraction of sp³-hybridized carbons (Fsp3) is 0.632. The Labute approximate surface area is 139 Å². The molecular formula is C19H31NO3. The fourth-order valence-corrected chi connectivity index (χ4v) is 2.75. The molecule has 0 amide bonds. The number of aromatic hydroxyl groups is 2. The molecular weight excluding hydrogens is 290 g/mol. The number of benzene rings is 1. The highest BCUT2D eigenvalue weighted by molar-refractivity contribution is 6.02. The van der Waals surface area contributed by atoms with Crippen LogP contribution >= 0.6 is 0 Å². The number of hydrogen-bond donors (Lipinski definition) is 3. The smallest absolute Gasteiger partial charge is 0.128 e. The van der Waals surface area contributed by atoms with E-state index in [2.05, 4.69) is 19.0 Å². The van der Waals surface area contributed by atoms with Crippen LogP contribution in [0.5, 0.6) is 11.5 Å². The maximum Gasteiger partial charge on any atom is 0.128 e. The molecule has 0 radical (unpaired) electrons. The molecule has 23 heavy (non-hydrogen) atoms. The van der Waals surface area contributed by atoms with Gasteiger partial charge < -0.3 is 15.4 Å². The number of unbranched alkanes of at least 4 members (excludes halogenated alkanes) is 6. The second-order valence-corrected chi connectivity index (χ2v) is 6.17. The zero-order chi connectivity index (χ0) is 17.1. The number of rotatable bonds is 11. The Morgan fingerprint density at radius 1 is 0.870 bits per heavy atom. The third-order valence-electron chi connectivity index (χ3n) is 4.20. The second kappa shape index (κ2) is 10.9. The topological polar surface area (TPSA) is 73.1 Å². The van der Waals surface area contributed by atoms with Gasteiger partial charge >= 0.3 is 0 Å². The normalized spacial score (nSPS) is 11.8. The average molecular weight is 321 g/mol. The van der Waals surface area contributed by atoms with E-state index in [1.165, 1.54) is 18.9 Å². The molecule has 0 saturated carbocycles. The predicted molar refractivity (Wildman–Crippen MR) is 94.7 cm³/mol. The Morgan fingerprint density at radius 3 is 2.13 bits per heavy atom. The molecule has 1 rings (SSSR count). The summed E-state index contributed by atoms with van der Waals surface area (Å²) in [6, 6.07) is 3.13. The third kappa shape index (κ3) is 6.51. The van der Waals surface area contributed by atoms with Gasteiger partial charge in [-0.25, -0.2) is 0 Å². The van der Waals surface area contributed by atoms with Crippen LogP contribution in [0.3, 0.4) is 0 Å². The van der Waals surface area contributed by atoms with Crippen molar-refractivity contribution in [1.82, 2.24) is 0 Å². The van der Waals surface area contributed by atoms with E-state index in [0.29, 0.717) is 17.7 Å². The van der Waals surface area contributed by atoms with E-state index in [0.717, 1.165) is 50.5 Å². The molecule has 130 valence electrons. The summed E-state index contributed by atoms with van der Waals surface area (Å²) in [4.78, 5) is 0. The maximum absolute atomic E-state index is 10.1. The second-order valence-electron chi connectivity index (χ2n) is 6.17. The Balaban J connectivity index is 2.79. The summed E-state index contributed by atoms with van der Waals surface area (Å²) in [5.41, 5.74) is 1.84. The highest BCUT2D eigenvalue weighted by Gasteiger charge is 2.14. The van der Waals surface area contributed by atoms with Gasteiger partial charge in [0.1, 0.15) is 11.5 Å². The fourth-order valence-electron chi connectivity index (χ4n) is 2.75. The zero-order valence-corrected chi connectivity index (χ0v) is 14.5. The molecule has 0 aliphatic rings. The van der Waals surface area contributed by atoms with Gasteiger partial charge in [-0.3, -0.25) is 0 Å². The molecule has 3 N–H and O–H groups in total. The highest BCUT2D eigenvalue weighted by atomic mass is 16.4. The maximum atomic E-state index is 10.1. The van der Waals surface area contributed by atoms with Crippen molar-refractivity contribution >= 4 is 5.71 Å². The first-order valence-corrected chi connectivity index (χ1v) is 8.90. The number of oxime groups is 1. The lowest BCUT2D eigenvalue weighted by Gasteiger charge is -2.11. The van der Waals surface area contributed by atoms with E-state index in [9.17, 15) is 15.4 Å². The van der Waals surface area contributed by atoms with Crippen LogP contribution in [0.4, 0.5) is 0 Å². The lowest BCUT2D eigenvalue weighted by Crippen LogP contribution is -2.03. The molecule has 0 saturated heterocycles. The molecule has 0 heterocycles. The average Bonchev–Trinajstić information content (AvgIpc) is 2.54. The van der Waals surface area contributed by atoms with Crippen LogP contribution in [0.25, 0.3) is 0 Å². The van der Waals surface area contributed by atoms with Crippen molar-refractivity contribution in [3.05, 3.63) is 23.3 Å². The molecule has 0 spiro atoms. The first kappa shape index (κ1) is 19.3. The van der Waals surface area contributed by atoms with Crippen molar-refractivity contribution in [3.63, 3.8) is 0 Å². The molecule has 0 aliphatic carbocycles. The standard InChI is InChI=1S/C19H31NO3/c1-3-5-7-9-11-15-13-16(19(22)14-18(15)21)17(20-23)12-10-8-6-4-2/h13-14,21-23H,3-12H2,1-2H3. The summed E-state index contributed by atoms with van der Waals surface area (Å²) in [7, 11) is 0. The Bertz CT molecular complexity index is 498. The molecule has 0 bridgehead atoms. The Kier molecular flexibility index (Phi) is 9.18. The quantitative estimate of drug-likeness (QED) is 0.222. The van der Waals surface area contributed by atoms with Crippen molar-refractivity contribution in [2.45, 2.75) is 78.1 Å². The minimum atomic E-state index is -0.0249. The van der Waals surface area contributed by atoms with E-state index in [1.54, 1.807) is 6.07 Å². The molecule has 0 fully saturated rings. The first-order valence-electron chi connectivity index (χ1n) is 8.90. The number of phenols is 2. The highest BCUT2D eigenvalue weighted by Crippen LogP contribution is 2.30. The van der Waals surface area contributed by atoms with Crippen molar-refractivity contribution < 1.29 is 15.4 Å². The van der Waals surface area contributed by atoms with Gasteiger partial charge in [-0.05, 0) is 37.3 Å². The van der Waals surface area contributed by atoms with Crippen LogP contribution in [0, 0.1) is 0 Å². The van der Waals surface area contributed by atoms with E-state index in [4.69, 9.17) is 0 Å². The summed E-state index contributed by atoms with van der Waals surface area (Å²) in [6.45, 7) is 4.32. The Hall–Kier alpha value is -1.71. The minimum absolute atomic E-state index is 0.0249. The summed E-state index contributed by atoms with van der Waals surface area (Å²) < 4.78 is 0. The van der Waals surface area contributed by atoms with Crippen molar-refractivity contribution in [2.75, 3.05) is 0 Å². The van der Waals surface area contributed by atoms with Gasteiger partial charge in [-0.1, -0.05) is 57.5 Å². The van der Waals surface area contributed by atoms with Crippen LogP contribution in [0.2, 0.25) is 0 Å². The molecule has 0 aromatic heterocycles. The number of hydrogen-bond acceptors (Lipinski definition) is 4. The van der Waals surface area contributed by atoms with Crippen molar-refractivity contribution in [3.8, 4) is 11.5 Å². The van der Waals surface area contributed by atoms with E-state index >= 15 is 0 Å². The number of aryl methyl sites for hydroxylation is 1. The Morgan fingerprint density at radius 2 is 1.52 bits per heavy atom. The van der Waals surface area contributed by atoms with Gasteiger partial charge in [0.05, 0.1) is 5.71 Å². The van der Waals surface area contributed by atoms with Crippen LogP contribution in [0.1, 0.15) is 82.8 Å². The van der Waals surface area contributed by atoms with E-state index in [1.807, 2.05) is 0 Å². The van der Waals surface area contributed by atoms with Crippen molar-refractivity contribution in [1.29, 1.82) is 0 Å². The van der Waals surface area contributed by atoms with E-state index < -0.39 is 0 Å². The zero-order valence-electron chi connectivity index (χ0n) is 14.5. The van der Waals surface area contributed by atoms with Crippen molar-refractivity contribution in [2.24, 2.45) is 5.16 Å². The molecule has 4 heteroatoms. The van der Waals surface area contributed by atoms with Gasteiger partial charge in [-0.2, -0.15) is 0 Å². The number of nitrogens with zero attached hydrogens (tertiary/aromatic N) is 1. The molecule has 1 aromatic rings. The first-order chi connectivity index (χ1) is 11.1. The predicted octanol–water partition coefficient (Wildman–Crippen LogP) is 5.37. The van der Waals surface area contributed by atoms with Gasteiger partial charge in [0.25, 0.3) is 0 Å². The largest absolute Gasteiger partial charge is 0.508 e. The lowest BCUT2D eigenvalue weighted by molar-refractivity contribution is 0.317. The van der Waals surface area contributed by atoms with Crippen LogP contribution in [0.15, 0.2) is 17.3 Å².